The summed E-state index contributed by atoms with van der Waals surface area (Å²) in [6.07, 6.45) is 0.447. The molecule has 1 unspecified atom stereocenters. The first kappa shape index (κ1) is 22.3. The number of carboxylic acids is 1. The van der Waals surface area contributed by atoms with Crippen LogP contribution in [0.3, 0.4) is 0 Å². The molecule has 4 N–H and O–H groups in total. The zero-order chi connectivity index (χ0) is 23.9. The number of sulfonamides is 1. The Labute approximate surface area is 196 Å². The SMILES string of the molecule is NCc1ccc2cc(C(=O)O)n(Cc3cc(NS(=O)(=O)C4CCOC4)cc4ccccc34)c2n1. The maximum Gasteiger partial charge on any atom is 0.352 e. The number of nitrogens with zero attached hydrogens (tertiary/aromatic N) is 2. The summed E-state index contributed by atoms with van der Waals surface area (Å²) < 4.78 is 35.3. The van der Waals surface area contributed by atoms with E-state index in [1.807, 2.05) is 24.3 Å². The van der Waals surface area contributed by atoms with Crippen molar-refractivity contribution in [2.24, 2.45) is 5.73 Å². The number of hydrogen-bond donors (Lipinski definition) is 3. The molecule has 5 rings (SSSR count). The minimum absolute atomic E-state index is 0.0924. The van der Waals surface area contributed by atoms with E-state index in [0.717, 1.165) is 16.3 Å². The third-order valence-corrected chi connectivity index (χ3v) is 7.86. The van der Waals surface area contributed by atoms with Crippen LogP contribution in [0.25, 0.3) is 21.8 Å². The van der Waals surface area contributed by atoms with Crippen molar-refractivity contribution in [1.82, 2.24) is 9.55 Å². The smallest absolute Gasteiger partial charge is 0.352 e. The van der Waals surface area contributed by atoms with E-state index in [0.29, 0.717) is 35.4 Å². The molecule has 3 heterocycles. The van der Waals surface area contributed by atoms with Gasteiger partial charge in [0.05, 0.1) is 18.8 Å². The summed E-state index contributed by atoms with van der Waals surface area (Å²) in [6, 6.07) is 16.3. The van der Waals surface area contributed by atoms with Crippen molar-refractivity contribution < 1.29 is 23.1 Å². The van der Waals surface area contributed by atoms with Crippen molar-refractivity contribution >= 4 is 43.5 Å². The number of carboxylic acid groups (broad SMARTS) is 1. The van der Waals surface area contributed by atoms with Gasteiger partial charge in [-0.3, -0.25) is 4.72 Å². The molecule has 0 bridgehead atoms. The van der Waals surface area contributed by atoms with Crippen LogP contribution in [0, 0.1) is 0 Å². The Kier molecular flexibility index (Phi) is 5.72. The number of nitrogens with one attached hydrogen (secondary N) is 1. The van der Waals surface area contributed by atoms with E-state index in [-0.39, 0.29) is 25.4 Å². The average Bonchev–Trinajstić information content (AvgIpc) is 3.48. The van der Waals surface area contributed by atoms with Gasteiger partial charge in [-0.25, -0.2) is 18.2 Å². The largest absolute Gasteiger partial charge is 0.477 e. The number of pyridine rings is 1. The molecule has 0 saturated carbocycles. The molecule has 1 atom stereocenters. The van der Waals surface area contributed by atoms with Crippen molar-refractivity contribution in [3.63, 3.8) is 0 Å². The number of benzene rings is 2. The number of aromatic nitrogens is 2. The number of aromatic carboxylic acids is 1. The zero-order valence-electron chi connectivity index (χ0n) is 18.3. The highest BCUT2D eigenvalue weighted by atomic mass is 32.2. The van der Waals surface area contributed by atoms with Crippen LogP contribution in [0.15, 0.2) is 54.6 Å². The first-order valence-electron chi connectivity index (χ1n) is 10.9. The van der Waals surface area contributed by atoms with E-state index in [4.69, 9.17) is 10.5 Å². The number of rotatable bonds is 7. The summed E-state index contributed by atoms with van der Waals surface area (Å²) in [4.78, 5) is 16.6. The van der Waals surface area contributed by atoms with Crippen molar-refractivity contribution in [1.29, 1.82) is 0 Å². The predicted molar refractivity (Wildman–Crippen MR) is 129 cm³/mol. The Morgan fingerprint density at radius 2 is 2.00 bits per heavy atom. The number of fused-ring (bicyclic) bond motifs is 2. The molecule has 1 fully saturated rings. The van der Waals surface area contributed by atoms with Crippen molar-refractivity contribution in [2.75, 3.05) is 17.9 Å². The predicted octanol–water partition coefficient (Wildman–Crippen LogP) is 2.93. The second-order valence-electron chi connectivity index (χ2n) is 8.33. The fraction of sp³-hybridized carbons (Fsp3) is 0.250. The highest BCUT2D eigenvalue weighted by Gasteiger charge is 2.30. The molecular weight excluding hydrogens is 456 g/mol. The fourth-order valence-corrected chi connectivity index (χ4v) is 5.67. The Morgan fingerprint density at radius 1 is 1.18 bits per heavy atom. The summed E-state index contributed by atoms with van der Waals surface area (Å²) in [5.41, 5.74) is 8.19. The Bertz CT molecular complexity index is 1510. The van der Waals surface area contributed by atoms with Crippen LogP contribution in [0.1, 0.15) is 28.2 Å². The number of anilines is 1. The van der Waals surface area contributed by atoms with Gasteiger partial charge < -0.3 is 20.1 Å². The van der Waals surface area contributed by atoms with Crippen LogP contribution in [0.2, 0.25) is 0 Å². The van der Waals surface area contributed by atoms with Gasteiger partial charge >= 0.3 is 5.97 Å². The Hall–Kier alpha value is -3.47. The summed E-state index contributed by atoms with van der Waals surface area (Å²) >= 11 is 0. The van der Waals surface area contributed by atoms with Gasteiger partial charge in [-0.15, -0.1) is 0 Å². The van der Waals surface area contributed by atoms with Gasteiger partial charge in [-0.05, 0) is 53.1 Å². The van der Waals surface area contributed by atoms with Gasteiger partial charge in [-0.2, -0.15) is 0 Å². The number of ether oxygens (including phenoxy) is 1. The summed E-state index contributed by atoms with van der Waals surface area (Å²) in [5, 5.41) is 11.7. The lowest BCUT2D eigenvalue weighted by atomic mass is 10.0. The van der Waals surface area contributed by atoms with Crippen molar-refractivity contribution in [3.8, 4) is 0 Å². The molecule has 0 radical (unpaired) electrons. The topological polar surface area (TPSA) is 137 Å². The molecule has 0 aliphatic carbocycles. The maximum atomic E-state index is 12.9. The second kappa shape index (κ2) is 8.71. The number of hydrogen-bond acceptors (Lipinski definition) is 6. The first-order chi connectivity index (χ1) is 16.4. The second-order valence-corrected chi connectivity index (χ2v) is 10.3. The fourth-order valence-electron chi connectivity index (χ4n) is 4.37. The highest BCUT2D eigenvalue weighted by molar-refractivity contribution is 7.93. The third-order valence-electron chi connectivity index (χ3n) is 6.09. The van der Waals surface area contributed by atoms with Crippen LogP contribution in [0.5, 0.6) is 0 Å². The van der Waals surface area contributed by atoms with E-state index in [1.165, 1.54) is 0 Å². The van der Waals surface area contributed by atoms with Crippen molar-refractivity contribution in [2.45, 2.75) is 24.8 Å². The van der Waals surface area contributed by atoms with E-state index >= 15 is 0 Å². The quantitative estimate of drug-likeness (QED) is 0.370. The molecule has 2 aromatic heterocycles. The van der Waals surface area contributed by atoms with E-state index < -0.39 is 21.2 Å². The lowest BCUT2D eigenvalue weighted by molar-refractivity contribution is 0.0686. The molecule has 34 heavy (non-hydrogen) atoms. The Balaban J connectivity index is 1.62. The number of nitrogens with two attached hydrogens (primary N) is 1. The standard InChI is InChI=1S/C24H24N4O5S/c25-12-18-6-5-16-11-22(24(29)30)28(23(16)26-18)13-17-10-19(9-15-3-1-2-4-21(15)17)27-34(31,32)20-7-8-33-14-20/h1-6,9-11,20,27H,7-8,12-14,25H2,(H,29,30). The van der Waals surface area contributed by atoms with Gasteiger partial charge in [0, 0.05) is 24.2 Å². The highest BCUT2D eigenvalue weighted by Crippen LogP contribution is 2.29. The van der Waals surface area contributed by atoms with Crippen LogP contribution >= 0.6 is 0 Å². The number of carbonyl (C=O) groups is 1. The Morgan fingerprint density at radius 3 is 2.74 bits per heavy atom. The molecule has 10 heteroatoms. The zero-order valence-corrected chi connectivity index (χ0v) is 19.1. The van der Waals surface area contributed by atoms with Crippen LogP contribution in [-0.2, 0) is 27.8 Å². The third kappa shape index (κ3) is 4.11. The van der Waals surface area contributed by atoms with E-state index in [9.17, 15) is 18.3 Å². The van der Waals surface area contributed by atoms with Crippen LogP contribution in [-0.4, -0.2) is 47.5 Å². The molecular formula is C24H24N4O5S. The van der Waals surface area contributed by atoms with E-state index in [2.05, 4.69) is 9.71 Å². The van der Waals surface area contributed by atoms with Gasteiger partial charge in [0.2, 0.25) is 10.0 Å². The maximum absolute atomic E-state index is 12.9. The molecule has 1 saturated heterocycles. The molecule has 0 amide bonds. The van der Waals surface area contributed by atoms with Gasteiger partial charge in [0.25, 0.3) is 0 Å². The monoisotopic (exact) mass is 480 g/mol. The lowest BCUT2D eigenvalue weighted by Gasteiger charge is -2.16. The molecule has 0 spiro atoms. The van der Waals surface area contributed by atoms with Crippen LogP contribution in [0.4, 0.5) is 5.69 Å². The molecule has 1 aliphatic heterocycles. The van der Waals surface area contributed by atoms with Gasteiger partial charge in [0.1, 0.15) is 16.6 Å². The van der Waals surface area contributed by atoms with Gasteiger partial charge in [-0.1, -0.05) is 24.3 Å². The molecule has 2 aromatic carbocycles. The van der Waals surface area contributed by atoms with E-state index in [1.54, 1.807) is 34.9 Å². The summed E-state index contributed by atoms with van der Waals surface area (Å²) in [6.45, 7) is 1.01. The molecule has 4 aromatic rings. The van der Waals surface area contributed by atoms with Crippen molar-refractivity contribution in [3.05, 3.63) is 71.5 Å². The summed E-state index contributed by atoms with van der Waals surface area (Å²) in [5.74, 6) is -1.07. The molecule has 1 aliphatic rings. The average molecular weight is 481 g/mol. The molecule has 176 valence electrons. The minimum atomic E-state index is -3.63. The van der Waals surface area contributed by atoms with Gasteiger partial charge in [0.15, 0.2) is 0 Å². The lowest BCUT2D eigenvalue weighted by Crippen LogP contribution is -2.28. The first-order valence-corrected chi connectivity index (χ1v) is 12.4. The normalized spacial score (nSPS) is 16.3. The minimum Gasteiger partial charge on any atom is -0.477 e. The summed E-state index contributed by atoms with van der Waals surface area (Å²) in [7, 11) is -3.63. The van der Waals surface area contributed by atoms with Crippen LogP contribution < -0.4 is 10.5 Å². The molecule has 9 nitrogen and oxygen atoms in total.